The van der Waals surface area contributed by atoms with Gasteiger partial charge in [-0.3, -0.25) is 0 Å². The monoisotopic (exact) mass is 381 g/mol. The van der Waals surface area contributed by atoms with Crippen LogP contribution in [0.15, 0.2) is 24.3 Å². The van der Waals surface area contributed by atoms with Crippen molar-refractivity contribution in [3.05, 3.63) is 68.8 Å². The van der Waals surface area contributed by atoms with Crippen LogP contribution in [0.3, 0.4) is 0 Å². The molecule has 0 aliphatic carbocycles. The number of nitrogens with two attached hydrogens (primary N) is 2. The zero-order valence-electron chi connectivity index (χ0n) is 18.7. The van der Waals surface area contributed by atoms with E-state index in [1.54, 1.807) is 0 Å². The van der Waals surface area contributed by atoms with E-state index in [9.17, 15) is 0 Å². The molecule has 28 heavy (non-hydrogen) atoms. The molecule has 0 fully saturated rings. The number of aryl methyl sites for hydroxylation is 6. The molecule has 0 radical (unpaired) electrons. The van der Waals surface area contributed by atoms with Gasteiger partial charge in [-0.2, -0.15) is 0 Å². The molecule has 0 aromatic heterocycles. The minimum Gasteiger partial charge on any atom is -0.323 e. The second-order valence-electron chi connectivity index (χ2n) is 8.07. The lowest BCUT2D eigenvalue weighted by atomic mass is 9.89. The summed E-state index contributed by atoms with van der Waals surface area (Å²) in [6, 6.07) is 9.06. The quantitative estimate of drug-likeness (QED) is 0.595. The second kappa shape index (κ2) is 10.2. The van der Waals surface area contributed by atoms with E-state index in [-0.39, 0.29) is 12.1 Å². The maximum Gasteiger partial charge on any atom is 0.0427 e. The van der Waals surface area contributed by atoms with E-state index in [1.165, 1.54) is 44.5 Å². The van der Waals surface area contributed by atoms with Gasteiger partial charge in [0, 0.05) is 25.2 Å². The Morgan fingerprint density at radius 2 is 1.18 bits per heavy atom. The Morgan fingerprint density at radius 3 is 1.61 bits per heavy atom. The first-order valence-electron chi connectivity index (χ1n) is 10.8. The Balaban J connectivity index is 2.10. The van der Waals surface area contributed by atoms with Gasteiger partial charge in [0.05, 0.1) is 0 Å². The maximum atomic E-state index is 6.64. The predicted octanol–water partition coefficient (Wildman–Crippen LogP) is 4.59. The van der Waals surface area contributed by atoms with Crippen LogP contribution in [-0.4, -0.2) is 13.1 Å². The van der Waals surface area contributed by atoms with Crippen molar-refractivity contribution in [3.8, 4) is 0 Å². The molecule has 3 heteroatoms. The molecule has 2 rings (SSSR count). The zero-order valence-corrected chi connectivity index (χ0v) is 18.7. The third-order valence-corrected chi connectivity index (χ3v) is 5.79. The van der Waals surface area contributed by atoms with Gasteiger partial charge in [0.2, 0.25) is 0 Å². The maximum absolute atomic E-state index is 6.64. The third-order valence-electron chi connectivity index (χ3n) is 5.79. The molecule has 0 aliphatic heterocycles. The van der Waals surface area contributed by atoms with Crippen LogP contribution in [0.4, 0.5) is 0 Å². The molecule has 3 nitrogen and oxygen atoms in total. The molecule has 0 saturated carbocycles. The van der Waals surface area contributed by atoms with E-state index in [0.29, 0.717) is 0 Å². The lowest BCUT2D eigenvalue weighted by molar-refractivity contribution is 0.547. The summed E-state index contributed by atoms with van der Waals surface area (Å²) in [5, 5.41) is 3.53. The number of rotatable bonds is 9. The molecule has 154 valence electrons. The Labute approximate surface area is 171 Å². The third kappa shape index (κ3) is 5.22. The first-order chi connectivity index (χ1) is 13.3. The smallest absolute Gasteiger partial charge is 0.0427 e. The van der Waals surface area contributed by atoms with Crippen LogP contribution < -0.4 is 16.8 Å². The van der Waals surface area contributed by atoms with Crippen LogP contribution in [0.2, 0.25) is 0 Å². The van der Waals surface area contributed by atoms with Crippen LogP contribution in [0, 0.1) is 20.8 Å². The van der Waals surface area contributed by atoms with Gasteiger partial charge in [-0.05, 0) is 79.0 Å². The summed E-state index contributed by atoms with van der Waals surface area (Å²) in [5.41, 5.74) is 23.8. The van der Waals surface area contributed by atoms with Crippen molar-refractivity contribution in [2.45, 2.75) is 72.9 Å². The fourth-order valence-corrected chi connectivity index (χ4v) is 4.49. The number of nitrogens with one attached hydrogen (secondary N) is 1. The summed E-state index contributed by atoms with van der Waals surface area (Å²) in [7, 11) is 0. The number of benzene rings is 2. The minimum atomic E-state index is -0.0217. The fraction of sp³-hybridized carbons (Fsp3) is 0.520. The van der Waals surface area contributed by atoms with E-state index in [4.69, 9.17) is 11.5 Å². The Bertz CT molecular complexity index is 746. The van der Waals surface area contributed by atoms with Gasteiger partial charge in [0.15, 0.2) is 0 Å². The van der Waals surface area contributed by atoms with Crippen molar-refractivity contribution >= 4 is 0 Å². The van der Waals surface area contributed by atoms with Gasteiger partial charge >= 0.3 is 0 Å². The zero-order chi connectivity index (χ0) is 20.8. The second-order valence-corrected chi connectivity index (χ2v) is 8.07. The van der Waals surface area contributed by atoms with Crippen molar-refractivity contribution < 1.29 is 0 Å². The summed E-state index contributed by atoms with van der Waals surface area (Å²) >= 11 is 0. The SMILES string of the molecule is CCc1cc(CC)c(C(N)CNCC(N)c2c(C)cc(C)cc2C)c(CC)c1. The molecule has 0 saturated heterocycles. The Hall–Kier alpha value is -1.68. The summed E-state index contributed by atoms with van der Waals surface area (Å²) < 4.78 is 0. The van der Waals surface area contributed by atoms with Crippen LogP contribution in [0.25, 0.3) is 0 Å². The molecule has 0 heterocycles. The standard InChI is InChI=1S/C25H39N3/c1-7-19-12-20(8-2)25(21(9-3)13-19)23(27)15-28-14-22(26)24-17(5)10-16(4)11-18(24)6/h10-13,22-23,28H,7-9,14-15,26-27H2,1-6H3. The molecular formula is C25H39N3. The summed E-state index contributed by atoms with van der Waals surface area (Å²) in [4.78, 5) is 0. The largest absolute Gasteiger partial charge is 0.323 e. The van der Waals surface area contributed by atoms with E-state index in [1.807, 2.05) is 0 Å². The fourth-order valence-electron chi connectivity index (χ4n) is 4.49. The van der Waals surface area contributed by atoms with Crippen molar-refractivity contribution in [1.29, 1.82) is 0 Å². The van der Waals surface area contributed by atoms with Crippen molar-refractivity contribution in [2.75, 3.05) is 13.1 Å². The van der Waals surface area contributed by atoms with Crippen LogP contribution in [0.5, 0.6) is 0 Å². The molecular weight excluding hydrogens is 342 g/mol. The summed E-state index contributed by atoms with van der Waals surface area (Å²) in [6.45, 7) is 14.6. The molecule has 0 spiro atoms. The minimum absolute atomic E-state index is 0.0109. The predicted molar refractivity (Wildman–Crippen MR) is 122 cm³/mol. The van der Waals surface area contributed by atoms with E-state index in [2.05, 4.69) is 71.1 Å². The first kappa shape index (κ1) is 22.6. The van der Waals surface area contributed by atoms with Gasteiger partial charge in [0.1, 0.15) is 0 Å². The Kier molecular flexibility index (Phi) is 8.23. The van der Waals surface area contributed by atoms with E-state index >= 15 is 0 Å². The topological polar surface area (TPSA) is 64.1 Å². The molecule has 2 aromatic carbocycles. The van der Waals surface area contributed by atoms with Gasteiger partial charge < -0.3 is 16.8 Å². The highest BCUT2D eigenvalue weighted by Gasteiger charge is 2.17. The lowest BCUT2D eigenvalue weighted by Gasteiger charge is -2.23. The van der Waals surface area contributed by atoms with Crippen molar-refractivity contribution in [1.82, 2.24) is 5.32 Å². The molecule has 5 N–H and O–H groups in total. The summed E-state index contributed by atoms with van der Waals surface area (Å²) in [6.07, 6.45) is 3.11. The molecule has 0 amide bonds. The lowest BCUT2D eigenvalue weighted by Crippen LogP contribution is -2.34. The first-order valence-corrected chi connectivity index (χ1v) is 10.8. The van der Waals surface area contributed by atoms with Gasteiger partial charge in [-0.15, -0.1) is 0 Å². The van der Waals surface area contributed by atoms with Crippen LogP contribution in [-0.2, 0) is 19.3 Å². The highest BCUT2D eigenvalue weighted by atomic mass is 14.9. The van der Waals surface area contributed by atoms with E-state index < -0.39 is 0 Å². The average molecular weight is 382 g/mol. The molecule has 2 aromatic rings. The molecule has 2 unspecified atom stereocenters. The van der Waals surface area contributed by atoms with Gasteiger partial charge in [-0.25, -0.2) is 0 Å². The summed E-state index contributed by atoms with van der Waals surface area (Å²) in [5.74, 6) is 0. The van der Waals surface area contributed by atoms with E-state index in [0.717, 1.165) is 32.4 Å². The molecule has 0 bridgehead atoms. The average Bonchev–Trinajstić information content (AvgIpc) is 2.65. The highest BCUT2D eigenvalue weighted by Crippen LogP contribution is 2.25. The van der Waals surface area contributed by atoms with Crippen molar-refractivity contribution in [3.63, 3.8) is 0 Å². The number of hydrogen-bond acceptors (Lipinski definition) is 3. The number of hydrogen-bond donors (Lipinski definition) is 3. The molecule has 2 atom stereocenters. The highest BCUT2D eigenvalue weighted by molar-refractivity contribution is 5.42. The van der Waals surface area contributed by atoms with Crippen LogP contribution in [0.1, 0.15) is 77.4 Å². The molecule has 0 aliphatic rings. The van der Waals surface area contributed by atoms with Gasteiger partial charge in [-0.1, -0.05) is 50.6 Å². The van der Waals surface area contributed by atoms with Crippen LogP contribution >= 0.6 is 0 Å². The van der Waals surface area contributed by atoms with Crippen molar-refractivity contribution in [2.24, 2.45) is 11.5 Å². The van der Waals surface area contributed by atoms with Gasteiger partial charge in [0.25, 0.3) is 0 Å². The normalized spacial score (nSPS) is 13.6. The Morgan fingerprint density at radius 1 is 0.714 bits per heavy atom.